The van der Waals surface area contributed by atoms with Gasteiger partial charge in [0.2, 0.25) is 5.76 Å². The molecule has 152 valence electrons. The number of sulfonamides is 1. The van der Waals surface area contributed by atoms with Gasteiger partial charge in [0.25, 0.3) is 21.7 Å². The summed E-state index contributed by atoms with van der Waals surface area (Å²) in [4.78, 5) is 24.2. The normalized spacial score (nSPS) is 19.1. The van der Waals surface area contributed by atoms with E-state index in [1.54, 1.807) is 6.07 Å². The molecule has 2 aromatic rings. The number of carbonyl (C=O) groups is 2. The number of benzene rings is 2. The van der Waals surface area contributed by atoms with Crippen LogP contribution in [0.3, 0.4) is 0 Å². The standard InChI is InChI=1S/C19H15F2NO6S/c1-11(23)27-16-17(24)19(2,12-8-13(20)10-14(21)9-12)28-18(16)22-29(25,26)15-6-4-3-5-7-15/h3-10,22H,1-2H3. The third kappa shape index (κ3) is 3.97. The quantitative estimate of drug-likeness (QED) is 0.742. The van der Waals surface area contributed by atoms with E-state index in [4.69, 9.17) is 9.47 Å². The number of hydrogen-bond donors (Lipinski definition) is 1. The van der Waals surface area contributed by atoms with E-state index >= 15 is 0 Å². The first-order valence-corrected chi connectivity index (χ1v) is 9.72. The first kappa shape index (κ1) is 20.5. The first-order chi connectivity index (χ1) is 13.5. The summed E-state index contributed by atoms with van der Waals surface area (Å²) >= 11 is 0. The third-order valence-corrected chi connectivity index (χ3v) is 5.44. The Morgan fingerprint density at radius 2 is 1.69 bits per heavy atom. The van der Waals surface area contributed by atoms with Crippen LogP contribution in [0, 0.1) is 11.6 Å². The van der Waals surface area contributed by atoms with E-state index in [0.29, 0.717) is 6.07 Å². The van der Waals surface area contributed by atoms with Crippen LogP contribution in [-0.4, -0.2) is 20.2 Å². The number of Topliss-reactive ketones (excluding diaryl/α,β-unsaturated/α-hetero) is 1. The molecule has 1 aliphatic rings. The number of hydrogen-bond acceptors (Lipinski definition) is 6. The topological polar surface area (TPSA) is 98.8 Å². The van der Waals surface area contributed by atoms with Crippen molar-refractivity contribution in [2.75, 3.05) is 0 Å². The predicted octanol–water partition coefficient (Wildman–Crippen LogP) is 2.49. The van der Waals surface area contributed by atoms with Gasteiger partial charge in [-0.3, -0.25) is 9.59 Å². The molecule has 0 fully saturated rings. The molecule has 1 heterocycles. The Balaban J connectivity index is 2.05. The lowest BCUT2D eigenvalue weighted by Crippen LogP contribution is -2.33. The van der Waals surface area contributed by atoms with Crippen molar-refractivity contribution >= 4 is 21.8 Å². The number of ketones is 1. The highest BCUT2D eigenvalue weighted by Gasteiger charge is 2.50. The van der Waals surface area contributed by atoms with Crippen LogP contribution in [0.5, 0.6) is 0 Å². The maximum atomic E-state index is 13.7. The Labute approximate surface area is 165 Å². The highest BCUT2D eigenvalue weighted by molar-refractivity contribution is 7.89. The Morgan fingerprint density at radius 3 is 2.24 bits per heavy atom. The molecule has 0 aromatic heterocycles. The van der Waals surface area contributed by atoms with Crippen LogP contribution in [-0.2, 0) is 34.7 Å². The van der Waals surface area contributed by atoms with Crippen LogP contribution in [0.25, 0.3) is 0 Å². The minimum atomic E-state index is -4.21. The second-order valence-corrected chi connectivity index (χ2v) is 7.98. The lowest BCUT2D eigenvalue weighted by Gasteiger charge is -2.23. The summed E-state index contributed by atoms with van der Waals surface area (Å²) in [5.74, 6) is -5.22. The first-order valence-electron chi connectivity index (χ1n) is 8.24. The summed E-state index contributed by atoms with van der Waals surface area (Å²) in [7, 11) is -4.21. The molecule has 0 saturated carbocycles. The zero-order chi connectivity index (χ0) is 21.4. The van der Waals surface area contributed by atoms with Gasteiger partial charge < -0.3 is 9.47 Å². The highest BCUT2D eigenvalue weighted by Crippen LogP contribution is 2.39. The summed E-state index contributed by atoms with van der Waals surface area (Å²) in [6.45, 7) is 2.18. The van der Waals surface area contributed by atoms with E-state index < -0.39 is 50.7 Å². The van der Waals surface area contributed by atoms with Gasteiger partial charge in [0.15, 0.2) is 5.60 Å². The summed E-state index contributed by atoms with van der Waals surface area (Å²) in [5.41, 5.74) is -2.25. The molecule has 0 radical (unpaired) electrons. The van der Waals surface area contributed by atoms with Gasteiger partial charge in [-0.2, -0.15) is 0 Å². The molecule has 10 heteroatoms. The molecule has 7 nitrogen and oxygen atoms in total. The van der Waals surface area contributed by atoms with E-state index in [9.17, 15) is 26.8 Å². The van der Waals surface area contributed by atoms with E-state index in [-0.39, 0.29) is 10.5 Å². The van der Waals surface area contributed by atoms with E-state index in [1.165, 1.54) is 31.2 Å². The summed E-state index contributed by atoms with van der Waals surface area (Å²) in [6, 6.07) is 9.49. The van der Waals surface area contributed by atoms with Crippen molar-refractivity contribution in [3.63, 3.8) is 0 Å². The largest absolute Gasteiger partial charge is 0.456 e. The zero-order valence-corrected chi connectivity index (χ0v) is 16.0. The highest BCUT2D eigenvalue weighted by atomic mass is 32.2. The van der Waals surface area contributed by atoms with Gasteiger partial charge in [0.05, 0.1) is 4.90 Å². The number of nitrogens with one attached hydrogen (secondary N) is 1. The molecule has 0 amide bonds. The van der Waals surface area contributed by atoms with Gasteiger partial charge in [0, 0.05) is 18.6 Å². The predicted molar refractivity (Wildman–Crippen MR) is 95.4 cm³/mol. The fourth-order valence-electron chi connectivity index (χ4n) is 2.72. The molecule has 0 saturated heterocycles. The second-order valence-electron chi connectivity index (χ2n) is 6.29. The van der Waals surface area contributed by atoms with Gasteiger partial charge in [-0.15, -0.1) is 0 Å². The monoisotopic (exact) mass is 423 g/mol. The fraction of sp³-hybridized carbons (Fsp3) is 0.158. The molecular formula is C19H15F2NO6S. The number of ether oxygens (including phenoxy) is 2. The average molecular weight is 423 g/mol. The molecule has 3 rings (SSSR count). The van der Waals surface area contributed by atoms with Crippen LogP contribution >= 0.6 is 0 Å². The van der Waals surface area contributed by atoms with Gasteiger partial charge in [0.1, 0.15) is 11.6 Å². The molecule has 29 heavy (non-hydrogen) atoms. The molecule has 1 unspecified atom stereocenters. The minimum Gasteiger partial charge on any atom is -0.456 e. The number of carbonyl (C=O) groups excluding carboxylic acids is 2. The van der Waals surface area contributed by atoms with Crippen molar-refractivity contribution in [3.05, 3.63) is 77.4 Å². The van der Waals surface area contributed by atoms with Gasteiger partial charge >= 0.3 is 5.97 Å². The minimum absolute atomic E-state index is 0.142. The van der Waals surface area contributed by atoms with E-state index in [0.717, 1.165) is 19.1 Å². The van der Waals surface area contributed by atoms with Gasteiger partial charge in [-0.1, -0.05) is 18.2 Å². The van der Waals surface area contributed by atoms with Crippen LogP contribution in [0.15, 0.2) is 65.1 Å². The summed E-state index contributed by atoms with van der Waals surface area (Å²) < 4.78 is 64.8. The van der Waals surface area contributed by atoms with Gasteiger partial charge in [-0.05, 0) is 31.2 Å². The molecule has 0 aliphatic carbocycles. The van der Waals surface area contributed by atoms with Crippen molar-refractivity contribution in [2.24, 2.45) is 0 Å². The fourth-order valence-corrected chi connectivity index (χ4v) is 3.73. The maximum Gasteiger partial charge on any atom is 0.308 e. The molecule has 0 spiro atoms. The molecule has 2 aromatic carbocycles. The zero-order valence-electron chi connectivity index (χ0n) is 15.2. The van der Waals surface area contributed by atoms with Crippen molar-refractivity contribution in [1.29, 1.82) is 0 Å². The molecule has 0 bridgehead atoms. The molecule has 1 aliphatic heterocycles. The average Bonchev–Trinajstić information content (AvgIpc) is 2.86. The van der Waals surface area contributed by atoms with Crippen molar-refractivity contribution in [3.8, 4) is 0 Å². The SMILES string of the molecule is CC(=O)OC1=C(NS(=O)(=O)c2ccccc2)OC(C)(c2cc(F)cc(F)c2)C1=O. The number of esters is 1. The Morgan fingerprint density at radius 1 is 1.10 bits per heavy atom. The summed E-state index contributed by atoms with van der Waals surface area (Å²) in [5, 5.41) is 0. The lowest BCUT2D eigenvalue weighted by molar-refractivity contribution is -0.142. The smallest absolute Gasteiger partial charge is 0.308 e. The van der Waals surface area contributed by atoms with Crippen LogP contribution < -0.4 is 4.72 Å². The Kier molecular flexibility index (Phi) is 5.14. The number of halogens is 2. The molecular weight excluding hydrogens is 408 g/mol. The molecule has 1 atom stereocenters. The van der Waals surface area contributed by atoms with Crippen LogP contribution in [0.2, 0.25) is 0 Å². The van der Waals surface area contributed by atoms with Crippen LogP contribution in [0.1, 0.15) is 19.4 Å². The Hall–Kier alpha value is -3.27. The third-order valence-electron chi connectivity index (χ3n) is 4.09. The van der Waals surface area contributed by atoms with Crippen molar-refractivity contribution < 1.29 is 36.3 Å². The second kappa shape index (κ2) is 7.28. The molecule has 1 N–H and O–H groups in total. The van der Waals surface area contributed by atoms with E-state index in [2.05, 4.69) is 4.72 Å². The lowest BCUT2D eigenvalue weighted by atomic mass is 9.91. The number of rotatable bonds is 5. The van der Waals surface area contributed by atoms with E-state index in [1.807, 2.05) is 0 Å². The Bertz CT molecular complexity index is 1110. The maximum absolute atomic E-state index is 13.7. The van der Waals surface area contributed by atoms with Crippen LogP contribution in [0.4, 0.5) is 8.78 Å². The van der Waals surface area contributed by atoms with Crippen molar-refractivity contribution in [1.82, 2.24) is 4.72 Å². The van der Waals surface area contributed by atoms with Crippen molar-refractivity contribution in [2.45, 2.75) is 24.3 Å². The summed E-state index contributed by atoms with van der Waals surface area (Å²) in [6.07, 6.45) is 0. The van der Waals surface area contributed by atoms with Gasteiger partial charge in [-0.25, -0.2) is 21.9 Å².